The molecule has 0 fully saturated rings. The second-order valence-electron chi connectivity index (χ2n) is 31.4. The maximum atomic E-state index is 2.63. The molecule has 6 heteroatoms. The molecule has 0 saturated heterocycles. The van der Waals surface area contributed by atoms with Crippen LogP contribution >= 0.6 is 0 Å². The van der Waals surface area contributed by atoms with Crippen LogP contribution in [0.2, 0.25) is 0 Å². The minimum absolute atomic E-state index is 0.0353. The summed E-state index contributed by atoms with van der Waals surface area (Å²) in [6, 6.07) is 43.1. The van der Waals surface area contributed by atoms with Gasteiger partial charge in [-0.05, 0) is 119 Å². The Bertz CT molecular complexity index is 4550. The van der Waals surface area contributed by atoms with Crippen molar-refractivity contribution in [3.8, 4) is 90.2 Å². The fourth-order valence-corrected chi connectivity index (χ4v) is 16.8. The van der Waals surface area contributed by atoms with E-state index in [1.54, 1.807) is 0 Å². The average molecular weight is 1150 g/mol. The Morgan fingerprint density at radius 1 is 0.264 bits per heavy atom. The van der Waals surface area contributed by atoms with Gasteiger partial charge in [0.15, 0.2) is 18.6 Å². The molecule has 87 heavy (non-hydrogen) atoms. The minimum Gasteiger partial charge on any atom is -0.196 e. The van der Waals surface area contributed by atoms with Gasteiger partial charge in [-0.3, -0.25) is 0 Å². The second kappa shape index (κ2) is 18.3. The van der Waals surface area contributed by atoms with E-state index in [9.17, 15) is 0 Å². The third-order valence-electron chi connectivity index (χ3n) is 25.4. The van der Waals surface area contributed by atoms with Crippen LogP contribution in [-0.4, -0.2) is 0 Å². The molecule has 444 valence electrons. The molecule has 9 aromatic rings. The highest BCUT2D eigenvalue weighted by molar-refractivity contribution is 5.84. The number of fused-ring (bicyclic) bond motifs is 12. The fourth-order valence-electron chi connectivity index (χ4n) is 16.8. The zero-order valence-corrected chi connectivity index (χ0v) is 57.3. The summed E-state index contributed by atoms with van der Waals surface area (Å²) in [4.78, 5) is 0. The third kappa shape index (κ3) is 7.45. The summed E-state index contributed by atoms with van der Waals surface area (Å²) < 4.78 is 14.7. The van der Waals surface area contributed by atoms with Gasteiger partial charge in [0, 0.05) is 107 Å². The highest BCUT2D eigenvalue weighted by Crippen LogP contribution is 2.60. The molecule has 3 aromatic carbocycles. The molecule has 0 atom stereocenters. The fraction of sp³-hybridized carbons (Fsp3) is 0.407. The Morgan fingerprint density at radius 3 is 1.39 bits per heavy atom. The van der Waals surface area contributed by atoms with E-state index in [1.807, 2.05) is 0 Å². The first kappa shape index (κ1) is 58.6. The van der Waals surface area contributed by atoms with Crippen LogP contribution < -0.4 is 27.4 Å². The van der Waals surface area contributed by atoms with Crippen molar-refractivity contribution in [3.05, 3.63) is 189 Å². The molecule has 6 heterocycles. The number of rotatable bonds is 4. The van der Waals surface area contributed by atoms with Crippen molar-refractivity contribution in [1.29, 1.82) is 0 Å². The summed E-state index contributed by atoms with van der Waals surface area (Å²) in [5, 5.41) is 0. The Balaban J connectivity index is 0.925. The van der Waals surface area contributed by atoms with Crippen molar-refractivity contribution < 1.29 is 27.4 Å². The lowest BCUT2D eigenvalue weighted by atomic mass is 9.53. The Morgan fingerprint density at radius 2 is 0.736 bits per heavy atom. The van der Waals surface area contributed by atoms with Gasteiger partial charge in [0.1, 0.15) is 42.3 Å². The van der Waals surface area contributed by atoms with Gasteiger partial charge in [0.25, 0.3) is 34.2 Å². The standard InChI is InChI=1S/C81H96N6/c1-47-31-32-50(51-37-39-82(20)65(44-51)64-36-34-57-68(86(64)24)66-48(2)28-26-29-55(66)74(4,5)76(57,8)9)41-54(47)63-35-33-58-72(85(63)23)71-60(79(14,15)77(58,10)11)43-53(46-84(71)22)52-40-49(3)67-59(42-52)78(12,13)80(16,17)61-45-62-73(87(25)69(61)67)70-56(30-27-38-83(70)21)75(6,7)81(62,18)19/h26-46H,1-25H3/q+6. The molecule has 0 spiro atoms. The van der Waals surface area contributed by atoms with Crippen LogP contribution in [0.25, 0.3) is 90.2 Å². The topological polar surface area (TPSA) is 23.3 Å². The molecule has 13 rings (SSSR count). The van der Waals surface area contributed by atoms with E-state index in [0.717, 1.165) is 0 Å². The predicted molar refractivity (Wildman–Crippen MR) is 355 cm³/mol. The molecule has 4 aliphatic carbocycles. The molecule has 0 N–H and O–H groups in total. The zero-order valence-electron chi connectivity index (χ0n) is 57.3. The van der Waals surface area contributed by atoms with E-state index in [0.29, 0.717) is 0 Å². The summed E-state index contributed by atoms with van der Waals surface area (Å²) in [5.74, 6) is 0. The molecular formula is C81H96N6+6. The van der Waals surface area contributed by atoms with Crippen molar-refractivity contribution in [1.82, 2.24) is 0 Å². The van der Waals surface area contributed by atoms with E-state index >= 15 is 0 Å². The minimum atomic E-state index is -0.205. The van der Waals surface area contributed by atoms with E-state index in [-0.39, 0.29) is 43.3 Å². The van der Waals surface area contributed by atoms with Crippen molar-refractivity contribution >= 4 is 0 Å². The molecule has 0 amide bonds. The monoisotopic (exact) mass is 1150 g/mol. The lowest BCUT2D eigenvalue weighted by Gasteiger charge is -2.49. The molecule has 0 aliphatic heterocycles. The van der Waals surface area contributed by atoms with Crippen LogP contribution in [0.3, 0.4) is 0 Å². The first-order chi connectivity index (χ1) is 40.5. The molecular weight excluding hydrogens is 1060 g/mol. The van der Waals surface area contributed by atoms with Crippen LogP contribution in [-0.2, 0) is 85.6 Å². The number of hydrogen-bond acceptors (Lipinski definition) is 0. The van der Waals surface area contributed by atoms with Crippen LogP contribution in [0.1, 0.15) is 172 Å². The molecule has 0 saturated carbocycles. The number of aryl methyl sites for hydroxylation is 6. The van der Waals surface area contributed by atoms with Crippen LogP contribution in [0.15, 0.2) is 128 Å². The predicted octanol–water partition coefficient (Wildman–Crippen LogP) is 15.2. The van der Waals surface area contributed by atoms with Crippen molar-refractivity contribution in [2.24, 2.45) is 42.3 Å². The average Bonchev–Trinajstić information content (AvgIpc) is 0.705. The molecule has 0 bridgehead atoms. The van der Waals surface area contributed by atoms with Crippen molar-refractivity contribution in [2.75, 3.05) is 0 Å². The van der Waals surface area contributed by atoms with Gasteiger partial charge < -0.3 is 0 Å². The maximum absolute atomic E-state index is 2.63. The van der Waals surface area contributed by atoms with Crippen LogP contribution in [0, 0.1) is 20.8 Å². The number of nitrogens with zero attached hydrogens (tertiary/aromatic N) is 6. The molecule has 6 nitrogen and oxygen atoms in total. The van der Waals surface area contributed by atoms with Crippen molar-refractivity contribution in [2.45, 2.75) is 175 Å². The SMILES string of the molecule is Cc1ccc(-c2cc[n+](C)c(-c3ccc4c([n+]3C)-c3c(C)cccc3C(C)(C)C4(C)C)c2)cc1-c1ccc2c([n+]1C)-c1c(cc(-c3cc(C)c4c(c3)C(C)(C)C(C)(C)c3cc5c([n+](C)c3-4)-c3c(ccc[n+]3C)C(C)(C)C5(C)C)c[n+]1C)C(C)(C)C2(C)C. The number of benzene rings is 3. The quantitative estimate of drug-likeness (QED) is 0.157. The smallest absolute Gasteiger partial charge is 0.196 e. The molecule has 4 aliphatic rings. The lowest BCUT2D eigenvalue weighted by Crippen LogP contribution is -2.55. The van der Waals surface area contributed by atoms with Gasteiger partial charge in [-0.2, -0.15) is 27.4 Å². The first-order valence-corrected chi connectivity index (χ1v) is 32.0. The van der Waals surface area contributed by atoms with Crippen LogP contribution in [0.5, 0.6) is 0 Å². The van der Waals surface area contributed by atoms with Gasteiger partial charge in [-0.25, -0.2) is 0 Å². The third-order valence-corrected chi connectivity index (χ3v) is 25.4. The highest BCUT2D eigenvalue weighted by Gasteiger charge is 2.58. The van der Waals surface area contributed by atoms with E-state index in [1.165, 1.54) is 151 Å². The largest absolute Gasteiger partial charge is 0.281 e. The van der Waals surface area contributed by atoms with Crippen molar-refractivity contribution in [3.63, 3.8) is 0 Å². The second-order valence-corrected chi connectivity index (χ2v) is 31.4. The van der Waals surface area contributed by atoms with Gasteiger partial charge >= 0.3 is 0 Å². The summed E-state index contributed by atoms with van der Waals surface area (Å²) in [7, 11) is 13.6. The van der Waals surface area contributed by atoms with Gasteiger partial charge in [-0.1, -0.05) is 147 Å². The van der Waals surface area contributed by atoms with Gasteiger partial charge in [0.05, 0.1) is 11.1 Å². The normalized spacial score (nSPS) is 18.4. The van der Waals surface area contributed by atoms with E-state index < -0.39 is 0 Å². The van der Waals surface area contributed by atoms with Gasteiger partial charge in [-0.15, -0.1) is 0 Å². The highest BCUT2D eigenvalue weighted by atomic mass is 15.0. The Hall–Kier alpha value is -7.44. The van der Waals surface area contributed by atoms with Crippen LogP contribution in [0.4, 0.5) is 0 Å². The van der Waals surface area contributed by atoms with Gasteiger partial charge in [0.2, 0.25) is 17.1 Å². The summed E-state index contributed by atoms with van der Waals surface area (Å²) in [5.41, 5.74) is 34.5. The Labute approximate surface area is 520 Å². The molecule has 6 aromatic heterocycles. The number of hydrogen-bond donors (Lipinski definition) is 0. The number of pyridine rings is 6. The summed E-state index contributed by atoms with van der Waals surface area (Å²) in [6.45, 7) is 46.3. The summed E-state index contributed by atoms with van der Waals surface area (Å²) in [6.07, 6.45) is 6.88. The summed E-state index contributed by atoms with van der Waals surface area (Å²) >= 11 is 0. The maximum Gasteiger partial charge on any atom is 0.281 e. The van der Waals surface area contributed by atoms with E-state index in [4.69, 9.17) is 0 Å². The lowest BCUT2D eigenvalue weighted by molar-refractivity contribution is -0.686. The number of aromatic nitrogens is 6. The van der Waals surface area contributed by atoms with E-state index in [2.05, 4.69) is 329 Å². The molecule has 0 radical (unpaired) electrons. The first-order valence-electron chi connectivity index (χ1n) is 32.0. The zero-order chi connectivity index (χ0) is 62.9. The Kier molecular flexibility index (Phi) is 12.3. The molecule has 0 unspecified atom stereocenters.